The van der Waals surface area contributed by atoms with Gasteiger partial charge in [-0.15, -0.1) is 0 Å². The monoisotopic (exact) mass is 530 g/mol. The zero-order valence-corrected chi connectivity index (χ0v) is 22.4. The van der Waals surface area contributed by atoms with Gasteiger partial charge >= 0.3 is 0 Å². The molecule has 0 N–H and O–H groups in total. The Morgan fingerprint density at radius 3 is 2.49 bits per heavy atom. The number of rotatable bonds is 4. The van der Waals surface area contributed by atoms with E-state index in [1.165, 1.54) is 11.8 Å². The van der Waals surface area contributed by atoms with Crippen molar-refractivity contribution < 1.29 is 14.3 Å². The molecule has 0 saturated carbocycles. The highest BCUT2D eigenvalue weighted by molar-refractivity contribution is 8.25. The van der Waals surface area contributed by atoms with E-state index in [9.17, 15) is 9.59 Å². The Bertz CT molecular complexity index is 1420. The fourth-order valence-corrected chi connectivity index (χ4v) is 8.43. The lowest BCUT2D eigenvalue weighted by molar-refractivity contribution is -0.139. The van der Waals surface area contributed by atoms with Crippen molar-refractivity contribution in [2.24, 2.45) is 0 Å². The summed E-state index contributed by atoms with van der Waals surface area (Å²) in [5.74, 6) is 0.0532. The molecule has 0 bridgehead atoms. The van der Waals surface area contributed by atoms with Crippen LogP contribution in [-0.4, -0.2) is 63.4 Å². The molecule has 7 nitrogen and oxygen atoms in total. The fourth-order valence-electron chi connectivity index (χ4n) is 6.30. The van der Waals surface area contributed by atoms with E-state index >= 15 is 0 Å². The fraction of sp³-hybridized carbons (Fsp3) is 0.286. The summed E-state index contributed by atoms with van der Waals surface area (Å²) in [6, 6.07) is 19.3. The molecule has 2 amide bonds. The molecule has 3 aromatic rings. The molecule has 2 fully saturated rings. The predicted octanol–water partition coefficient (Wildman–Crippen LogP) is 3.79. The highest BCUT2D eigenvalue weighted by Crippen LogP contribution is 2.66. The molecule has 2 spiro atoms. The first-order valence-electron chi connectivity index (χ1n) is 12.0. The van der Waals surface area contributed by atoms with Crippen molar-refractivity contribution in [3.63, 3.8) is 0 Å². The Labute approximate surface area is 225 Å². The maximum Gasteiger partial charge on any atom is 0.254 e. The summed E-state index contributed by atoms with van der Waals surface area (Å²) >= 11 is 7.24. The molecule has 188 valence electrons. The van der Waals surface area contributed by atoms with Crippen molar-refractivity contribution in [3.8, 4) is 5.75 Å². The van der Waals surface area contributed by atoms with Crippen LogP contribution in [0.5, 0.6) is 5.75 Å². The number of anilines is 1. The number of aromatic nitrogens is 1. The number of hydrogen-bond acceptors (Lipinski definition) is 7. The molecule has 4 heterocycles. The number of likely N-dealkylation sites (tertiary alicyclic amines) is 1. The molecule has 9 heteroatoms. The molecular formula is C28H26N4O3S2. The van der Waals surface area contributed by atoms with Gasteiger partial charge in [-0.2, -0.15) is 0 Å². The van der Waals surface area contributed by atoms with Gasteiger partial charge in [0, 0.05) is 43.2 Å². The molecule has 2 aromatic carbocycles. The molecule has 3 aliphatic rings. The molecule has 3 aliphatic heterocycles. The summed E-state index contributed by atoms with van der Waals surface area (Å²) in [6.07, 6.45) is 3.47. The Balaban J connectivity index is 1.60. The van der Waals surface area contributed by atoms with Gasteiger partial charge in [0.25, 0.3) is 5.91 Å². The van der Waals surface area contributed by atoms with E-state index in [4.69, 9.17) is 17.0 Å². The highest BCUT2D eigenvalue weighted by Gasteiger charge is 2.78. The first-order chi connectivity index (χ1) is 17.9. The van der Waals surface area contributed by atoms with Gasteiger partial charge in [-0.05, 0) is 48.5 Å². The number of hydrogen-bond donors (Lipinski definition) is 0. The largest absolute Gasteiger partial charge is 0.497 e. The molecule has 0 aliphatic carbocycles. The number of fused-ring (bicyclic) bond motifs is 3. The third-order valence-corrected chi connectivity index (χ3v) is 9.89. The standard InChI is InChI=1S/C28H26N4O3S2/c1-30-17-22(19-11-13-29-14-12-19)28(25(34)32(26(36)37-28)16-18-7-5-4-6-8-18)27(30)21-15-20(35-3)9-10-23(21)31(2)24(27)33/h4-15,22H,16-17H2,1-3H3/t22-,27-,28-/m0/s1. The number of amides is 2. The van der Waals surface area contributed by atoms with E-state index in [0.29, 0.717) is 23.2 Å². The smallest absolute Gasteiger partial charge is 0.254 e. The Morgan fingerprint density at radius 2 is 1.78 bits per heavy atom. The van der Waals surface area contributed by atoms with Crippen LogP contribution >= 0.6 is 24.0 Å². The second kappa shape index (κ2) is 8.65. The van der Waals surface area contributed by atoms with Gasteiger partial charge in [-0.25, -0.2) is 0 Å². The quantitative estimate of drug-likeness (QED) is 0.476. The molecular weight excluding hydrogens is 504 g/mol. The minimum absolute atomic E-state index is 0.139. The molecule has 0 radical (unpaired) electrons. The van der Waals surface area contributed by atoms with Gasteiger partial charge in [0.15, 0.2) is 5.54 Å². The van der Waals surface area contributed by atoms with Gasteiger partial charge in [0.1, 0.15) is 14.8 Å². The summed E-state index contributed by atoms with van der Waals surface area (Å²) in [6.45, 7) is 0.853. The van der Waals surface area contributed by atoms with Gasteiger partial charge in [-0.1, -0.05) is 54.3 Å². The van der Waals surface area contributed by atoms with E-state index in [1.807, 2.05) is 72.6 Å². The molecule has 37 heavy (non-hydrogen) atoms. The lowest BCUT2D eigenvalue weighted by Gasteiger charge is -2.42. The van der Waals surface area contributed by atoms with Crippen molar-refractivity contribution in [2.45, 2.75) is 22.7 Å². The van der Waals surface area contributed by atoms with Crippen molar-refractivity contribution in [3.05, 3.63) is 89.7 Å². The van der Waals surface area contributed by atoms with E-state index < -0.39 is 10.3 Å². The van der Waals surface area contributed by atoms with E-state index in [0.717, 1.165) is 22.4 Å². The third kappa shape index (κ3) is 3.11. The van der Waals surface area contributed by atoms with Crippen molar-refractivity contribution in [2.75, 3.05) is 32.6 Å². The van der Waals surface area contributed by atoms with Crippen LogP contribution in [0.4, 0.5) is 5.69 Å². The topological polar surface area (TPSA) is 66.0 Å². The van der Waals surface area contributed by atoms with E-state index in [2.05, 4.69) is 4.98 Å². The van der Waals surface area contributed by atoms with Crippen LogP contribution in [0, 0.1) is 0 Å². The third-order valence-electron chi connectivity index (χ3n) is 7.95. The summed E-state index contributed by atoms with van der Waals surface area (Å²) in [7, 11) is 5.31. The number of thioether (sulfide) groups is 1. The molecule has 3 atom stereocenters. The van der Waals surface area contributed by atoms with Crippen LogP contribution in [-0.2, 0) is 21.7 Å². The summed E-state index contributed by atoms with van der Waals surface area (Å²) in [5.41, 5.74) is 2.21. The second-order valence-electron chi connectivity index (χ2n) is 9.65. The van der Waals surface area contributed by atoms with Gasteiger partial charge in [-0.3, -0.25) is 24.4 Å². The molecule has 2 saturated heterocycles. The molecule has 0 unspecified atom stereocenters. The van der Waals surface area contributed by atoms with Crippen LogP contribution in [0.15, 0.2) is 73.1 Å². The van der Waals surface area contributed by atoms with Crippen molar-refractivity contribution in [1.82, 2.24) is 14.8 Å². The van der Waals surface area contributed by atoms with E-state index in [1.54, 1.807) is 36.4 Å². The zero-order chi connectivity index (χ0) is 25.9. The first-order valence-corrected chi connectivity index (χ1v) is 13.3. The molecule has 1 aromatic heterocycles. The van der Waals surface area contributed by atoms with Crippen molar-refractivity contribution in [1.29, 1.82) is 0 Å². The number of ether oxygens (including phenoxy) is 1. The van der Waals surface area contributed by atoms with E-state index in [-0.39, 0.29) is 17.7 Å². The van der Waals surface area contributed by atoms with Crippen LogP contribution in [0.3, 0.4) is 0 Å². The number of pyridine rings is 1. The lowest BCUT2D eigenvalue weighted by Crippen LogP contribution is -2.62. The number of carbonyl (C=O) groups is 2. The number of likely N-dealkylation sites (N-methyl/N-ethyl adjacent to an activating group) is 2. The first kappa shape index (κ1) is 24.1. The number of nitrogens with zero attached hydrogens (tertiary/aromatic N) is 4. The minimum atomic E-state index is -1.27. The van der Waals surface area contributed by atoms with Gasteiger partial charge in [0.05, 0.1) is 13.7 Å². The van der Waals surface area contributed by atoms with Crippen LogP contribution < -0.4 is 9.64 Å². The maximum atomic E-state index is 14.8. The summed E-state index contributed by atoms with van der Waals surface area (Å²) < 4.78 is 4.84. The second-order valence-corrected chi connectivity index (χ2v) is 11.5. The average molecular weight is 531 g/mol. The van der Waals surface area contributed by atoms with Gasteiger partial charge in [0.2, 0.25) is 5.91 Å². The van der Waals surface area contributed by atoms with Gasteiger partial charge < -0.3 is 9.64 Å². The van der Waals surface area contributed by atoms with Crippen LogP contribution in [0.25, 0.3) is 0 Å². The number of carbonyl (C=O) groups excluding carboxylic acids is 2. The Morgan fingerprint density at radius 1 is 1.05 bits per heavy atom. The number of thiocarbonyl (C=S) groups is 1. The Hall–Kier alpha value is -3.27. The normalized spacial score (nSPS) is 27.1. The Kier molecular flexibility index (Phi) is 5.63. The highest BCUT2D eigenvalue weighted by atomic mass is 32.2. The summed E-state index contributed by atoms with van der Waals surface area (Å²) in [4.78, 5) is 38.9. The summed E-state index contributed by atoms with van der Waals surface area (Å²) in [5, 5.41) is 0. The molecule has 6 rings (SSSR count). The minimum Gasteiger partial charge on any atom is -0.497 e. The van der Waals surface area contributed by atoms with Crippen LogP contribution in [0.2, 0.25) is 0 Å². The predicted molar refractivity (Wildman–Crippen MR) is 148 cm³/mol. The average Bonchev–Trinajstić information content (AvgIpc) is 3.43. The lowest BCUT2D eigenvalue weighted by atomic mass is 9.72. The number of methoxy groups -OCH3 is 1. The van der Waals surface area contributed by atoms with Crippen LogP contribution in [0.1, 0.15) is 22.6 Å². The number of benzene rings is 2. The maximum absolute atomic E-state index is 14.8. The van der Waals surface area contributed by atoms with Crippen molar-refractivity contribution >= 4 is 45.8 Å². The zero-order valence-electron chi connectivity index (χ0n) is 20.7. The SMILES string of the molecule is COc1ccc2c(c1)[C@@]1(C(=O)N2C)N(C)C[C@@H](c2ccncc2)[C@@]12SC(=S)N(Cc1ccccc1)C2=O.